The van der Waals surface area contributed by atoms with Crippen LogP contribution in [0.15, 0.2) is 119 Å². The number of rotatable bonds is 13. The van der Waals surface area contributed by atoms with Crippen molar-refractivity contribution < 1.29 is 22.7 Å². The van der Waals surface area contributed by atoms with Crippen LogP contribution < -0.4 is 10.1 Å². The van der Waals surface area contributed by atoms with E-state index in [1.807, 2.05) is 53.6 Å². The number of sulfonamides is 1. The number of carbonyl (C=O) groups is 2. The van der Waals surface area contributed by atoms with Gasteiger partial charge in [0.05, 0.1) is 34.5 Å². The van der Waals surface area contributed by atoms with Crippen LogP contribution in [0.1, 0.15) is 49.5 Å². The smallest absolute Gasteiger partial charge is 0.254 e. The standard InChI is InChI=1S/C43H45N5O5S2/c1-5-46(6-2)55(51,52)34-23-24-37-36(27-34)45-42(48(37)38-17-9-10-18-39(38)53-4)54-29-40(49)44-33-21-19-31(20-22-33)41(50)47-26-12-25-43(47,3)28-32-15-11-14-30-13-7-8-16-35(30)32/h7-11,13-24,27H,5-6,12,25-26,28-29H2,1-4H3,(H,44,49). The van der Waals surface area contributed by atoms with Crippen molar-refractivity contribution in [2.75, 3.05) is 37.8 Å². The van der Waals surface area contributed by atoms with Gasteiger partial charge in [-0.1, -0.05) is 80.2 Å². The Morgan fingerprint density at radius 1 is 0.927 bits per heavy atom. The van der Waals surface area contributed by atoms with E-state index in [2.05, 4.69) is 48.6 Å². The number of methoxy groups -OCH3 is 1. The Balaban J connectivity index is 1.07. The first-order chi connectivity index (χ1) is 26.6. The number of hydrogen-bond acceptors (Lipinski definition) is 7. The summed E-state index contributed by atoms with van der Waals surface area (Å²) in [6, 6.07) is 34.2. The number of benzene rings is 5. The zero-order chi connectivity index (χ0) is 38.7. The van der Waals surface area contributed by atoms with Crippen LogP contribution >= 0.6 is 11.8 Å². The van der Waals surface area contributed by atoms with Crippen LogP contribution in [0.3, 0.4) is 0 Å². The van der Waals surface area contributed by atoms with Gasteiger partial charge in [-0.3, -0.25) is 14.2 Å². The molecule has 2 amide bonds. The third kappa shape index (κ3) is 7.58. The number of anilines is 1. The van der Waals surface area contributed by atoms with Crippen LogP contribution in [0.2, 0.25) is 0 Å². The van der Waals surface area contributed by atoms with Crippen molar-refractivity contribution in [3.05, 3.63) is 120 Å². The van der Waals surface area contributed by atoms with E-state index in [9.17, 15) is 18.0 Å². The number of aromatic nitrogens is 2. The summed E-state index contributed by atoms with van der Waals surface area (Å²) < 4.78 is 35.6. The molecule has 55 heavy (non-hydrogen) atoms. The molecule has 6 aromatic rings. The number of hydrogen-bond donors (Lipinski definition) is 1. The van der Waals surface area contributed by atoms with Gasteiger partial charge in [0.15, 0.2) is 5.16 Å². The quantitative estimate of drug-likeness (QED) is 0.118. The topological polar surface area (TPSA) is 114 Å². The molecule has 7 rings (SSSR count). The maximum atomic E-state index is 13.9. The Morgan fingerprint density at radius 2 is 1.65 bits per heavy atom. The summed E-state index contributed by atoms with van der Waals surface area (Å²) in [7, 11) is -2.12. The lowest BCUT2D eigenvalue weighted by atomic mass is 9.87. The summed E-state index contributed by atoms with van der Waals surface area (Å²) in [5.74, 6) is 0.362. The van der Waals surface area contributed by atoms with E-state index in [4.69, 9.17) is 9.72 Å². The van der Waals surface area contributed by atoms with Gasteiger partial charge in [-0.05, 0) is 97.1 Å². The highest BCUT2D eigenvalue weighted by atomic mass is 32.2. The fourth-order valence-corrected chi connectivity index (χ4v) is 9.94. The van der Waals surface area contributed by atoms with E-state index < -0.39 is 10.0 Å². The number of fused-ring (bicyclic) bond motifs is 2. The molecule has 1 unspecified atom stereocenters. The minimum atomic E-state index is -3.71. The van der Waals surface area contributed by atoms with Gasteiger partial charge in [-0.2, -0.15) is 4.31 Å². The zero-order valence-corrected chi connectivity index (χ0v) is 33.1. The second-order valence-corrected chi connectivity index (χ2v) is 16.8. The summed E-state index contributed by atoms with van der Waals surface area (Å²) >= 11 is 1.23. The molecule has 10 nitrogen and oxygen atoms in total. The van der Waals surface area contributed by atoms with Gasteiger partial charge < -0.3 is 15.0 Å². The molecule has 284 valence electrons. The summed E-state index contributed by atoms with van der Waals surface area (Å²) in [4.78, 5) is 34.2. The minimum Gasteiger partial charge on any atom is -0.495 e. The lowest BCUT2D eigenvalue weighted by Gasteiger charge is -2.36. The summed E-state index contributed by atoms with van der Waals surface area (Å²) in [5.41, 5.74) is 3.94. The fraction of sp³-hybridized carbons (Fsp3) is 0.279. The van der Waals surface area contributed by atoms with Gasteiger partial charge in [0, 0.05) is 36.4 Å². The van der Waals surface area contributed by atoms with Crippen molar-refractivity contribution in [1.82, 2.24) is 18.8 Å². The molecule has 1 N–H and O–H groups in total. The van der Waals surface area contributed by atoms with Gasteiger partial charge in [-0.25, -0.2) is 13.4 Å². The average molecular weight is 776 g/mol. The highest BCUT2D eigenvalue weighted by molar-refractivity contribution is 7.99. The molecule has 1 aliphatic heterocycles. The Bertz CT molecular complexity index is 2470. The monoisotopic (exact) mass is 775 g/mol. The first kappa shape index (κ1) is 38.1. The van der Waals surface area contributed by atoms with Crippen LogP contribution in [0.25, 0.3) is 27.5 Å². The van der Waals surface area contributed by atoms with E-state index in [0.29, 0.717) is 58.5 Å². The highest BCUT2D eigenvalue weighted by Gasteiger charge is 2.40. The van der Waals surface area contributed by atoms with Crippen molar-refractivity contribution in [1.29, 1.82) is 0 Å². The van der Waals surface area contributed by atoms with Gasteiger partial charge in [0.25, 0.3) is 5.91 Å². The Kier molecular flexibility index (Phi) is 11.0. The third-order valence-electron chi connectivity index (χ3n) is 10.5. The van der Waals surface area contributed by atoms with Crippen LogP contribution in [0.5, 0.6) is 5.75 Å². The molecule has 1 atom stereocenters. The molecule has 1 aromatic heterocycles. The van der Waals surface area contributed by atoms with Gasteiger partial charge in [0.2, 0.25) is 15.9 Å². The predicted molar refractivity (Wildman–Crippen MR) is 220 cm³/mol. The van der Waals surface area contributed by atoms with E-state index in [1.54, 1.807) is 49.6 Å². The number of amides is 2. The Morgan fingerprint density at radius 3 is 2.42 bits per heavy atom. The molecule has 0 bridgehead atoms. The lowest BCUT2D eigenvalue weighted by molar-refractivity contribution is -0.113. The molecule has 12 heteroatoms. The SMILES string of the molecule is CCN(CC)S(=O)(=O)c1ccc2c(c1)nc(SCC(=O)Nc1ccc(C(=O)N3CCCC3(C)Cc3cccc4ccccc34)cc1)n2-c1ccccc1OC. The van der Waals surface area contributed by atoms with Crippen molar-refractivity contribution in [2.24, 2.45) is 0 Å². The van der Waals surface area contributed by atoms with Crippen molar-refractivity contribution in [3.63, 3.8) is 0 Å². The van der Waals surface area contributed by atoms with Crippen LogP contribution in [-0.4, -0.2) is 77.0 Å². The average Bonchev–Trinajstić information content (AvgIpc) is 3.77. The maximum absolute atomic E-state index is 13.9. The fourth-order valence-electron chi connectivity index (χ4n) is 7.64. The largest absolute Gasteiger partial charge is 0.495 e. The summed E-state index contributed by atoms with van der Waals surface area (Å²) in [6.07, 6.45) is 2.64. The molecular formula is C43H45N5O5S2. The molecule has 2 heterocycles. The van der Waals surface area contributed by atoms with E-state index in [1.165, 1.54) is 32.4 Å². The normalized spacial score (nSPS) is 15.9. The van der Waals surface area contributed by atoms with E-state index in [-0.39, 0.29) is 28.0 Å². The van der Waals surface area contributed by atoms with Crippen LogP contribution in [0.4, 0.5) is 5.69 Å². The first-order valence-electron chi connectivity index (χ1n) is 18.5. The first-order valence-corrected chi connectivity index (χ1v) is 21.0. The third-order valence-corrected chi connectivity index (χ3v) is 13.4. The minimum absolute atomic E-state index is 0.0167. The van der Waals surface area contributed by atoms with Crippen molar-refractivity contribution >= 4 is 61.1 Å². The highest BCUT2D eigenvalue weighted by Crippen LogP contribution is 2.37. The molecule has 0 saturated carbocycles. The second-order valence-electron chi connectivity index (χ2n) is 13.9. The number of para-hydroxylation sites is 2. The number of carbonyl (C=O) groups excluding carboxylic acids is 2. The maximum Gasteiger partial charge on any atom is 0.254 e. The number of thioether (sulfide) groups is 1. The molecule has 1 aliphatic rings. The van der Waals surface area contributed by atoms with Crippen LogP contribution in [0, 0.1) is 0 Å². The molecule has 5 aromatic carbocycles. The molecule has 0 spiro atoms. The predicted octanol–water partition coefficient (Wildman–Crippen LogP) is 8.19. The molecule has 1 saturated heterocycles. The van der Waals surface area contributed by atoms with Crippen LogP contribution in [-0.2, 0) is 21.2 Å². The zero-order valence-electron chi connectivity index (χ0n) is 31.5. The van der Waals surface area contributed by atoms with E-state index >= 15 is 0 Å². The Labute approximate surface area is 326 Å². The molecule has 1 fully saturated rings. The van der Waals surface area contributed by atoms with Gasteiger partial charge >= 0.3 is 0 Å². The Hall–Kier alpha value is -5.17. The van der Waals surface area contributed by atoms with Gasteiger partial charge in [0.1, 0.15) is 5.75 Å². The number of ether oxygens (including phenoxy) is 1. The van der Waals surface area contributed by atoms with Crippen molar-refractivity contribution in [2.45, 2.75) is 55.6 Å². The molecule has 0 radical (unpaired) electrons. The molecule has 0 aliphatic carbocycles. The second kappa shape index (κ2) is 15.9. The van der Waals surface area contributed by atoms with Crippen molar-refractivity contribution in [3.8, 4) is 11.4 Å². The number of nitrogens with zero attached hydrogens (tertiary/aromatic N) is 4. The summed E-state index contributed by atoms with van der Waals surface area (Å²) in [6.45, 7) is 7.20. The number of imidazole rings is 1. The lowest BCUT2D eigenvalue weighted by Crippen LogP contribution is -2.46. The van der Waals surface area contributed by atoms with E-state index in [0.717, 1.165) is 19.3 Å². The number of likely N-dealkylation sites (tertiary alicyclic amines) is 1. The number of nitrogens with one attached hydrogen (secondary N) is 1. The van der Waals surface area contributed by atoms with Gasteiger partial charge in [-0.15, -0.1) is 0 Å². The summed E-state index contributed by atoms with van der Waals surface area (Å²) in [5, 5.41) is 5.87. The molecular weight excluding hydrogens is 731 g/mol.